The molecule has 0 saturated heterocycles. The molecular weight excluding hydrogens is 178 g/mol. The first-order valence-electron chi connectivity index (χ1n) is 5.25. The molecule has 0 aliphatic heterocycles. The number of hydrogen-bond donors (Lipinski definition) is 3. The lowest BCUT2D eigenvalue weighted by atomic mass is 10.1. The van der Waals surface area contributed by atoms with Crippen LogP contribution in [0, 0.1) is 5.41 Å². The fourth-order valence-corrected chi connectivity index (χ4v) is 1.66. The fraction of sp³-hybridized carbons (Fsp3) is 0.900. The Morgan fingerprint density at radius 2 is 2.07 bits per heavy atom. The van der Waals surface area contributed by atoms with Crippen LogP contribution in [0.4, 0.5) is 0 Å². The number of rotatable bonds is 7. The number of amidine groups is 1. The van der Waals surface area contributed by atoms with E-state index in [2.05, 4.69) is 18.7 Å². The maximum absolute atomic E-state index is 8.78. The second kappa shape index (κ2) is 6.79. The van der Waals surface area contributed by atoms with Gasteiger partial charge in [0.25, 0.3) is 0 Å². The van der Waals surface area contributed by atoms with Gasteiger partial charge in [-0.25, -0.2) is 0 Å². The Kier molecular flexibility index (Phi) is 6.49. The van der Waals surface area contributed by atoms with Crippen molar-refractivity contribution in [3.05, 3.63) is 0 Å². The van der Waals surface area contributed by atoms with E-state index in [0.717, 1.165) is 19.4 Å². The lowest BCUT2D eigenvalue weighted by Crippen LogP contribution is -2.48. The summed E-state index contributed by atoms with van der Waals surface area (Å²) in [4.78, 5) is 2.17. The Morgan fingerprint density at radius 1 is 1.50 bits per heavy atom. The molecular formula is C10H23N3O. The van der Waals surface area contributed by atoms with Gasteiger partial charge in [0.1, 0.15) is 5.84 Å². The normalized spacial score (nSPS) is 13.6. The maximum Gasteiger partial charge on any atom is 0.108 e. The molecule has 0 aliphatic rings. The lowest BCUT2D eigenvalue weighted by Gasteiger charge is -2.33. The molecule has 0 aliphatic carbocycles. The van der Waals surface area contributed by atoms with E-state index < -0.39 is 0 Å². The summed E-state index contributed by atoms with van der Waals surface area (Å²) in [6.45, 7) is 7.19. The molecule has 0 saturated carbocycles. The monoisotopic (exact) mass is 201 g/mol. The predicted octanol–water partition coefficient (Wildman–Crippen LogP) is 0.794. The van der Waals surface area contributed by atoms with Crippen molar-refractivity contribution >= 4 is 5.84 Å². The molecule has 0 aromatic rings. The van der Waals surface area contributed by atoms with E-state index in [1.165, 1.54) is 0 Å². The van der Waals surface area contributed by atoms with Gasteiger partial charge < -0.3 is 10.8 Å². The summed E-state index contributed by atoms with van der Waals surface area (Å²) in [7, 11) is 0. The molecule has 0 bridgehead atoms. The van der Waals surface area contributed by atoms with Crippen LogP contribution in [-0.2, 0) is 0 Å². The molecule has 4 heteroatoms. The van der Waals surface area contributed by atoms with Gasteiger partial charge in [-0.3, -0.25) is 10.3 Å². The smallest absolute Gasteiger partial charge is 0.108 e. The van der Waals surface area contributed by atoms with Gasteiger partial charge in [0.05, 0.1) is 6.04 Å². The molecule has 0 spiro atoms. The van der Waals surface area contributed by atoms with Crippen molar-refractivity contribution < 1.29 is 5.11 Å². The van der Waals surface area contributed by atoms with Crippen molar-refractivity contribution in [2.45, 2.75) is 45.7 Å². The summed E-state index contributed by atoms with van der Waals surface area (Å²) >= 11 is 0. The minimum atomic E-state index is 0.0153. The van der Waals surface area contributed by atoms with Crippen molar-refractivity contribution in [1.82, 2.24) is 4.90 Å². The molecule has 14 heavy (non-hydrogen) atoms. The van der Waals surface area contributed by atoms with Crippen LogP contribution in [0.1, 0.15) is 33.6 Å². The first-order chi connectivity index (χ1) is 6.54. The number of aliphatic hydroxyl groups excluding tert-OH is 1. The summed E-state index contributed by atoms with van der Waals surface area (Å²) in [5, 5.41) is 16.3. The fourth-order valence-electron chi connectivity index (χ4n) is 1.66. The Labute approximate surface area is 86.6 Å². The first-order valence-corrected chi connectivity index (χ1v) is 5.25. The average Bonchev–Trinajstić information content (AvgIpc) is 2.10. The zero-order valence-electron chi connectivity index (χ0n) is 9.45. The highest BCUT2D eigenvalue weighted by molar-refractivity contribution is 5.82. The molecule has 0 aromatic carbocycles. The molecule has 0 radical (unpaired) electrons. The van der Waals surface area contributed by atoms with Crippen molar-refractivity contribution in [2.24, 2.45) is 5.73 Å². The van der Waals surface area contributed by atoms with E-state index in [1.807, 2.05) is 6.92 Å². The van der Waals surface area contributed by atoms with E-state index in [9.17, 15) is 0 Å². The third kappa shape index (κ3) is 4.07. The van der Waals surface area contributed by atoms with Crippen molar-refractivity contribution in [1.29, 1.82) is 5.41 Å². The molecule has 1 atom stereocenters. The second-order valence-corrected chi connectivity index (χ2v) is 3.79. The maximum atomic E-state index is 8.78. The van der Waals surface area contributed by atoms with Gasteiger partial charge in [0.15, 0.2) is 0 Å². The third-order valence-electron chi connectivity index (χ3n) is 2.38. The van der Waals surface area contributed by atoms with Crippen molar-refractivity contribution in [3.8, 4) is 0 Å². The number of aliphatic hydroxyl groups is 1. The van der Waals surface area contributed by atoms with Gasteiger partial charge in [-0.2, -0.15) is 0 Å². The summed E-state index contributed by atoms with van der Waals surface area (Å²) in [6.07, 6.45) is 1.58. The molecule has 4 N–H and O–H groups in total. The van der Waals surface area contributed by atoms with Crippen LogP contribution in [0.5, 0.6) is 0 Å². The number of nitrogens with two attached hydrogens (primary N) is 1. The van der Waals surface area contributed by atoms with Crippen LogP contribution in [0.25, 0.3) is 0 Å². The highest BCUT2D eigenvalue weighted by Gasteiger charge is 2.21. The Balaban J connectivity index is 4.35. The minimum absolute atomic E-state index is 0.0153. The van der Waals surface area contributed by atoms with Crippen LogP contribution in [0.2, 0.25) is 0 Å². The van der Waals surface area contributed by atoms with Gasteiger partial charge in [-0.1, -0.05) is 6.92 Å². The Bertz CT molecular complexity index is 171. The summed E-state index contributed by atoms with van der Waals surface area (Å²) < 4.78 is 0. The van der Waals surface area contributed by atoms with Crippen LogP contribution in [-0.4, -0.2) is 41.1 Å². The summed E-state index contributed by atoms with van der Waals surface area (Å²) in [5.41, 5.74) is 5.54. The topological polar surface area (TPSA) is 73.3 Å². The van der Waals surface area contributed by atoms with Crippen molar-refractivity contribution in [3.63, 3.8) is 0 Å². The zero-order valence-corrected chi connectivity index (χ0v) is 9.45. The van der Waals surface area contributed by atoms with E-state index in [0.29, 0.717) is 6.04 Å². The standard InChI is InChI=1S/C10H23N3O/c1-4-9(10(11)12)13(8(2)3)6-5-7-14/h8-9,14H,4-7H2,1-3H3,(H3,11,12). The molecule has 0 rings (SSSR count). The van der Waals surface area contributed by atoms with Gasteiger partial charge in [0.2, 0.25) is 0 Å². The van der Waals surface area contributed by atoms with Crippen LogP contribution >= 0.6 is 0 Å². The molecule has 1 unspecified atom stereocenters. The summed E-state index contributed by atoms with van der Waals surface area (Å²) in [6, 6.07) is 0.372. The molecule has 4 nitrogen and oxygen atoms in total. The molecule has 0 amide bonds. The first kappa shape index (κ1) is 13.4. The number of nitrogens with zero attached hydrogens (tertiary/aromatic N) is 1. The van der Waals surface area contributed by atoms with Crippen LogP contribution < -0.4 is 5.73 Å². The Morgan fingerprint density at radius 3 is 2.36 bits per heavy atom. The van der Waals surface area contributed by atoms with Crippen molar-refractivity contribution in [2.75, 3.05) is 13.2 Å². The number of nitrogens with one attached hydrogen (secondary N) is 1. The average molecular weight is 201 g/mol. The molecule has 0 fully saturated rings. The molecule has 0 heterocycles. The molecule has 84 valence electrons. The highest BCUT2D eigenvalue weighted by Crippen LogP contribution is 2.09. The predicted molar refractivity (Wildman–Crippen MR) is 59.5 cm³/mol. The van der Waals surface area contributed by atoms with E-state index >= 15 is 0 Å². The Hall–Kier alpha value is -0.610. The third-order valence-corrected chi connectivity index (χ3v) is 2.38. The number of hydrogen-bond acceptors (Lipinski definition) is 3. The largest absolute Gasteiger partial charge is 0.396 e. The van der Waals surface area contributed by atoms with Gasteiger partial charge in [-0.15, -0.1) is 0 Å². The highest BCUT2D eigenvalue weighted by atomic mass is 16.3. The van der Waals surface area contributed by atoms with E-state index in [-0.39, 0.29) is 18.5 Å². The van der Waals surface area contributed by atoms with Gasteiger partial charge in [0, 0.05) is 19.2 Å². The lowest BCUT2D eigenvalue weighted by molar-refractivity contribution is 0.166. The zero-order chi connectivity index (χ0) is 11.1. The minimum Gasteiger partial charge on any atom is -0.396 e. The quantitative estimate of drug-likeness (QED) is 0.421. The van der Waals surface area contributed by atoms with E-state index in [4.69, 9.17) is 16.2 Å². The van der Waals surface area contributed by atoms with E-state index in [1.54, 1.807) is 0 Å². The summed E-state index contributed by atoms with van der Waals surface area (Å²) in [5.74, 6) is 0.221. The second-order valence-electron chi connectivity index (χ2n) is 3.79. The van der Waals surface area contributed by atoms with Crippen LogP contribution in [0.3, 0.4) is 0 Å². The van der Waals surface area contributed by atoms with Gasteiger partial charge >= 0.3 is 0 Å². The van der Waals surface area contributed by atoms with Gasteiger partial charge in [-0.05, 0) is 26.7 Å². The molecule has 0 aromatic heterocycles. The van der Waals surface area contributed by atoms with Crippen LogP contribution in [0.15, 0.2) is 0 Å². The SMILES string of the molecule is CCC(C(=N)N)N(CCCO)C(C)C.